The summed E-state index contributed by atoms with van der Waals surface area (Å²) in [6.45, 7) is 0. The molecule has 4 aromatic rings. The van der Waals surface area contributed by atoms with Crippen LogP contribution in [0.25, 0.3) is 34.4 Å². The number of hydrogen-bond acceptors (Lipinski definition) is 5. The van der Waals surface area contributed by atoms with Gasteiger partial charge in [-0.3, -0.25) is 0 Å². The molecular formula is C20H11FN2O2S. The lowest BCUT2D eigenvalue weighted by Gasteiger charge is -1.96. The first-order valence-corrected chi connectivity index (χ1v) is 8.58. The number of halogens is 1. The molecule has 6 heteroatoms. The Morgan fingerprint density at radius 3 is 2.85 bits per heavy atom. The van der Waals surface area contributed by atoms with E-state index in [1.165, 1.54) is 23.5 Å². The van der Waals surface area contributed by atoms with Crippen molar-refractivity contribution in [1.29, 1.82) is 5.26 Å². The van der Waals surface area contributed by atoms with Gasteiger partial charge in [0.2, 0.25) is 0 Å². The molecule has 3 aromatic heterocycles. The molecule has 26 heavy (non-hydrogen) atoms. The lowest BCUT2D eigenvalue weighted by atomic mass is 10.2. The molecule has 0 saturated carbocycles. The van der Waals surface area contributed by atoms with E-state index in [2.05, 4.69) is 11.1 Å². The first kappa shape index (κ1) is 16.1. The SMILES string of the molecule is N#CC(=Cc1ccc(-c2cccc(F)c2)o1)c1nc(-c2ccco2)cs1. The topological polar surface area (TPSA) is 63.0 Å². The van der Waals surface area contributed by atoms with Gasteiger partial charge in [-0.15, -0.1) is 11.3 Å². The van der Waals surface area contributed by atoms with Crippen LogP contribution in [-0.4, -0.2) is 4.98 Å². The van der Waals surface area contributed by atoms with Gasteiger partial charge in [-0.1, -0.05) is 12.1 Å². The molecule has 0 amide bonds. The molecule has 1 aromatic carbocycles. The Morgan fingerprint density at radius 1 is 1.15 bits per heavy atom. The first-order valence-electron chi connectivity index (χ1n) is 7.70. The summed E-state index contributed by atoms with van der Waals surface area (Å²) in [5.74, 6) is 1.34. The summed E-state index contributed by atoms with van der Waals surface area (Å²) in [4.78, 5) is 4.44. The number of nitrogens with zero attached hydrogens (tertiary/aromatic N) is 2. The zero-order valence-electron chi connectivity index (χ0n) is 13.3. The van der Waals surface area contributed by atoms with E-state index in [0.717, 1.165) is 0 Å². The molecular weight excluding hydrogens is 351 g/mol. The van der Waals surface area contributed by atoms with Crippen LogP contribution in [0.3, 0.4) is 0 Å². The standard InChI is InChI=1S/C20H11FN2O2S/c21-15-4-1-3-13(9-15)18-7-6-16(25-18)10-14(11-22)20-23-17(12-26-20)19-5-2-8-24-19/h1-10,12H. The van der Waals surface area contributed by atoms with Crippen LogP contribution >= 0.6 is 11.3 Å². The molecule has 0 bridgehead atoms. The second kappa shape index (κ2) is 6.82. The number of allylic oxidation sites excluding steroid dienone is 1. The van der Waals surface area contributed by atoms with Gasteiger partial charge in [0.25, 0.3) is 0 Å². The summed E-state index contributed by atoms with van der Waals surface area (Å²) in [7, 11) is 0. The van der Waals surface area contributed by atoms with E-state index in [9.17, 15) is 9.65 Å². The van der Waals surface area contributed by atoms with E-state index in [1.807, 2.05) is 11.4 Å². The predicted octanol–water partition coefficient (Wildman–Crippen LogP) is 5.87. The van der Waals surface area contributed by atoms with Crippen molar-refractivity contribution in [2.75, 3.05) is 0 Å². The number of furan rings is 2. The molecule has 0 fully saturated rings. The van der Waals surface area contributed by atoms with Gasteiger partial charge in [0.1, 0.15) is 34.1 Å². The second-order valence-corrected chi connectivity index (χ2v) is 6.26. The van der Waals surface area contributed by atoms with Gasteiger partial charge < -0.3 is 8.83 Å². The smallest absolute Gasteiger partial charge is 0.153 e. The van der Waals surface area contributed by atoms with Crippen LogP contribution in [0.4, 0.5) is 4.39 Å². The Morgan fingerprint density at radius 2 is 2.08 bits per heavy atom. The molecule has 4 nitrogen and oxygen atoms in total. The Kier molecular flexibility index (Phi) is 4.22. The van der Waals surface area contributed by atoms with E-state index in [-0.39, 0.29) is 5.82 Å². The lowest BCUT2D eigenvalue weighted by molar-refractivity contribution is 0.570. The number of hydrogen-bond donors (Lipinski definition) is 0. The normalized spacial score (nSPS) is 11.5. The lowest BCUT2D eigenvalue weighted by Crippen LogP contribution is -1.81. The molecule has 0 saturated heterocycles. The van der Waals surface area contributed by atoms with Gasteiger partial charge in [-0.25, -0.2) is 9.37 Å². The maximum absolute atomic E-state index is 13.4. The molecule has 0 aliphatic rings. The molecule has 0 aliphatic carbocycles. The number of benzene rings is 1. The Hall–Kier alpha value is -3.43. The number of rotatable bonds is 4. The highest BCUT2D eigenvalue weighted by molar-refractivity contribution is 7.11. The Bertz CT molecular complexity index is 1120. The van der Waals surface area contributed by atoms with Gasteiger partial charge in [0, 0.05) is 17.0 Å². The van der Waals surface area contributed by atoms with Crippen LogP contribution < -0.4 is 0 Å². The quantitative estimate of drug-likeness (QED) is 0.426. The monoisotopic (exact) mass is 362 g/mol. The zero-order valence-corrected chi connectivity index (χ0v) is 14.2. The van der Waals surface area contributed by atoms with Crippen molar-refractivity contribution in [3.63, 3.8) is 0 Å². The fourth-order valence-electron chi connectivity index (χ4n) is 2.45. The van der Waals surface area contributed by atoms with Crippen LogP contribution in [-0.2, 0) is 0 Å². The molecule has 0 atom stereocenters. The third-order valence-corrected chi connectivity index (χ3v) is 4.53. The van der Waals surface area contributed by atoms with Crippen molar-refractivity contribution in [3.05, 3.63) is 76.8 Å². The molecule has 0 N–H and O–H groups in total. The van der Waals surface area contributed by atoms with Crippen LogP contribution in [0, 0.1) is 17.1 Å². The minimum atomic E-state index is -0.332. The van der Waals surface area contributed by atoms with Crippen molar-refractivity contribution in [3.8, 4) is 28.8 Å². The van der Waals surface area contributed by atoms with Crippen molar-refractivity contribution in [2.24, 2.45) is 0 Å². The predicted molar refractivity (Wildman–Crippen MR) is 97.4 cm³/mol. The molecule has 3 heterocycles. The largest absolute Gasteiger partial charge is 0.463 e. The van der Waals surface area contributed by atoms with Gasteiger partial charge >= 0.3 is 0 Å². The summed E-state index contributed by atoms with van der Waals surface area (Å²) in [5.41, 5.74) is 1.70. The maximum atomic E-state index is 13.4. The summed E-state index contributed by atoms with van der Waals surface area (Å²) in [6, 6.07) is 15.4. The average Bonchev–Trinajstić information content (AvgIpc) is 3.40. The van der Waals surface area contributed by atoms with Crippen molar-refractivity contribution in [2.45, 2.75) is 0 Å². The highest BCUT2D eigenvalue weighted by atomic mass is 32.1. The van der Waals surface area contributed by atoms with Gasteiger partial charge in [-0.2, -0.15) is 5.26 Å². The Balaban J connectivity index is 1.64. The summed E-state index contributed by atoms with van der Waals surface area (Å²) < 4.78 is 24.4. The van der Waals surface area contributed by atoms with Crippen molar-refractivity contribution >= 4 is 23.0 Å². The molecule has 126 valence electrons. The van der Waals surface area contributed by atoms with Crippen LogP contribution in [0.1, 0.15) is 10.8 Å². The maximum Gasteiger partial charge on any atom is 0.153 e. The van der Waals surface area contributed by atoms with Gasteiger partial charge in [0.05, 0.1) is 11.8 Å². The van der Waals surface area contributed by atoms with E-state index in [0.29, 0.717) is 39.1 Å². The van der Waals surface area contributed by atoms with Gasteiger partial charge in [-0.05, 0) is 36.4 Å². The molecule has 4 rings (SSSR count). The number of nitriles is 1. The minimum Gasteiger partial charge on any atom is -0.463 e. The van der Waals surface area contributed by atoms with Crippen molar-refractivity contribution in [1.82, 2.24) is 4.98 Å². The first-order chi connectivity index (χ1) is 12.7. The molecule has 0 spiro atoms. The van der Waals surface area contributed by atoms with Crippen LogP contribution in [0.15, 0.2) is 69.0 Å². The molecule has 0 unspecified atom stereocenters. The second-order valence-electron chi connectivity index (χ2n) is 5.40. The van der Waals surface area contributed by atoms with Gasteiger partial charge in [0.15, 0.2) is 5.76 Å². The van der Waals surface area contributed by atoms with E-state index in [4.69, 9.17) is 8.83 Å². The summed E-state index contributed by atoms with van der Waals surface area (Å²) in [5, 5.41) is 11.9. The summed E-state index contributed by atoms with van der Waals surface area (Å²) >= 11 is 1.35. The van der Waals surface area contributed by atoms with Crippen LogP contribution in [0.2, 0.25) is 0 Å². The fourth-order valence-corrected chi connectivity index (χ4v) is 3.22. The number of thiazole rings is 1. The third-order valence-electron chi connectivity index (χ3n) is 3.65. The molecule has 0 radical (unpaired) electrons. The fraction of sp³-hybridized carbons (Fsp3) is 0. The minimum absolute atomic E-state index is 0.332. The average molecular weight is 362 g/mol. The number of aromatic nitrogens is 1. The van der Waals surface area contributed by atoms with E-state index >= 15 is 0 Å². The summed E-state index contributed by atoms with van der Waals surface area (Å²) in [6.07, 6.45) is 3.19. The van der Waals surface area contributed by atoms with Crippen molar-refractivity contribution < 1.29 is 13.2 Å². The highest BCUT2D eigenvalue weighted by Crippen LogP contribution is 2.29. The van der Waals surface area contributed by atoms with E-state index in [1.54, 1.807) is 42.7 Å². The van der Waals surface area contributed by atoms with Crippen LogP contribution in [0.5, 0.6) is 0 Å². The third kappa shape index (κ3) is 3.21. The highest BCUT2D eigenvalue weighted by Gasteiger charge is 2.12. The zero-order chi connectivity index (χ0) is 17.9. The molecule has 0 aliphatic heterocycles. The Labute approximate surface area is 152 Å². The van der Waals surface area contributed by atoms with E-state index < -0.39 is 0 Å².